The molecule has 0 spiro atoms. The van der Waals surface area contributed by atoms with E-state index in [2.05, 4.69) is 26.1 Å². The topological polar surface area (TPSA) is 12.0 Å². The van der Waals surface area contributed by atoms with Gasteiger partial charge in [-0.15, -0.1) is 11.6 Å². The Morgan fingerprint density at radius 2 is 2.00 bits per heavy atom. The molecule has 2 heteroatoms. The van der Waals surface area contributed by atoms with Crippen LogP contribution < -0.4 is 5.32 Å². The van der Waals surface area contributed by atoms with Crippen LogP contribution in [0.4, 0.5) is 0 Å². The second kappa shape index (κ2) is 6.93. The second-order valence-electron chi connectivity index (χ2n) is 3.43. The Kier molecular flexibility index (Phi) is 7.09. The first-order valence-electron chi connectivity index (χ1n) is 4.51. The van der Waals surface area contributed by atoms with E-state index in [1.165, 1.54) is 6.42 Å². The summed E-state index contributed by atoms with van der Waals surface area (Å²) < 4.78 is 0. The average Bonchev–Trinajstić information content (AvgIpc) is 1.86. The molecule has 0 saturated heterocycles. The van der Waals surface area contributed by atoms with Crippen molar-refractivity contribution >= 4 is 11.6 Å². The fourth-order valence-electron chi connectivity index (χ4n) is 1.03. The minimum Gasteiger partial charge on any atom is -0.315 e. The van der Waals surface area contributed by atoms with Crippen LogP contribution in [-0.2, 0) is 0 Å². The summed E-state index contributed by atoms with van der Waals surface area (Å²) >= 11 is 6.05. The van der Waals surface area contributed by atoms with Crippen molar-refractivity contribution in [3.05, 3.63) is 0 Å². The number of hydrogen-bond donors (Lipinski definition) is 1. The molecule has 1 unspecified atom stereocenters. The van der Waals surface area contributed by atoms with Crippen LogP contribution in [0.1, 0.15) is 33.6 Å². The standard InChI is InChI=1S/C9H20ClN/c1-4-5-11-7-9(10)6-8(2)3/h8-9,11H,4-7H2,1-3H3. The third-order valence-electron chi connectivity index (χ3n) is 1.52. The molecule has 0 saturated carbocycles. The van der Waals surface area contributed by atoms with Gasteiger partial charge in [0, 0.05) is 11.9 Å². The summed E-state index contributed by atoms with van der Waals surface area (Å²) in [7, 11) is 0. The van der Waals surface area contributed by atoms with Crippen LogP contribution in [0.15, 0.2) is 0 Å². The van der Waals surface area contributed by atoms with Gasteiger partial charge in [-0.3, -0.25) is 0 Å². The van der Waals surface area contributed by atoms with E-state index in [4.69, 9.17) is 11.6 Å². The van der Waals surface area contributed by atoms with Crippen LogP contribution >= 0.6 is 11.6 Å². The lowest BCUT2D eigenvalue weighted by molar-refractivity contribution is 0.533. The maximum absolute atomic E-state index is 6.05. The first-order chi connectivity index (χ1) is 5.16. The van der Waals surface area contributed by atoms with Crippen LogP contribution in [0.3, 0.4) is 0 Å². The highest BCUT2D eigenvalue weighted by atomic mass is 35.5. The van der Waals surface area contributed by atoms with Crippen LogP contribution in [0, 0.1) is 5.92 Å². The lowest BCUT2D eigenvalue weighted by Crippen LogP contribution is -2.24. The molecule has 68 valence electrons. The summed E-state index contributed by atoms with van der Waals surface area (Å²) in [4.78, 5) is 0. The summed E-state index contributed by atoms with van der Waals surface area (Å²) in [5, 5.41) is 3.62. The predicted molar refractivity (Wildman–Crippen MR) is 52.3 cm³/mol. The molecule has 0 aliphatic heterocycles. The lowest BCUT2D eigenvalue weighted by Gasteiger charge is -2.11. The predicted octanol–water partition coefficient (Wildman–Crippen LogP) is 2.64. The van der Waals surface area contributed by atoms with Crippen molar-refractivity contribution in [2.24, 2.45) is 5.92 Å². The monoisotopic (exact) mass is 177 g/mol. The highest BCUT2D eigenvalue weighted by molar-refractivity contribution is 6.20. The van der Waals surface area contributed by atoms with E-state index in [1.54, 1.807) is 0 Å². The van der Waals surface area contributed by atoms with Gasteiger partial charge < -0.3 is 5.32 Å². The van der Waals surface area contributed by atoms with Gasteiger partial charge >= 0.3 is 0 Å². The SMILES string of the molecule is CCCNCC(Cl)CC(C)C. The first kappa shape index (κ1) is 11.2. The minimum atomic E-state index is 0.307. The van der Waals surface area contributed by atoms with Crippen molar-refractivity contribution in [3.63, 3.8) is 0 Å². The molecule has 0 aromatic rings. The Hall–Kier alpha value is 0.250. The lowest BCUT2D eigenvalue weighted by atomic mass is 10.1. The molecule has 0 aliphatic rings. The molecule has 0 amide bonds. The molecule has 0 aliphatic carbocycles. The molecular formula is C9H20ClN. The summed E-state index contributed by atoms with van der Waals surface area (Å²) in [5.41, 5.74) is 0. The molecule has 0 bridgehead atoms. The van der Waals surface area contributed by atoms with Crippen molar-refractivity contribution in [1.82, 2.24) is 5.32 Å². The molecule has 0 heterocycles. The normalized spacial score (nSPS) is 13.9. The Labute approximate surface area is 75.5 Å². The van der Waals surface area contributed by atoms with Crippen molar-refractivity contribution in [3.8, 4) is 0 Å². The molecule has 0 radical (unpaired) electrons. The highest BCUT2D eigenvalue weighted by Crippen LogP contribution is 2.09. The molecule has 11 heavy (non-hydrogen) atoms. The largest absolute Gasteiger partial charge is 0.315 e. The maximum Gasteiger partial charge on any atom is 0.0463 e. The van der Waals surface area contributed by atoms with E-state index < -0.39 is 0 Å². The summed E-state index contributed by atoms with van der Waals surface area (Å²) in [6.45, 7) is 8.61. The van der Waals surface area contributed by atoms with Gasteiger partial charge in [-0.05, 0) is 25.3 Å². The van der Waals surface area contributed by atoms with E-state index in [9.17, 15) is 0 Å². The molecule has 0 rings (SSSR count). The molecule has 1 atom stereocenters. The van der Waals surface area contributed by atoms with Crippen LogP contribution in [0.2, 0.25) is 0 Å². The van der Waals surface area contributed by atoms with Gasteiger partial charge in [0.25, 0.3) is 0 Å². The number of halogens is 1. The van der Waals surface area contributed by atoms with E-state index in [-0.39, 0.29) is 0 Å². The summed E-state index contributed by atoms with van der Waals surface area (Å²) in [6, 6.07) is 0. The van der Waals surface area contributed by atoms with E-state index in [0.717, 1.165) is 19.5 Å². The zero-order valence-corrected chi connectivity index (χ0v) is 8.62. The van der Waals surface area contributed by atoms with Gasteiger partial charge in [-0.1, -0.05) is 20.8 Å². The Balaban J connectivity index is 3.15. The van der Waals surface area contributed by atoms with Crippen molar-refractivity contribution in [2.75, 3.05) is 13.1 Å². The molecule has 0 aromatic heterocycles. The van der Waals surface area contributed by atoms with Crippen LogP contribution in [0.25, 0.3) is 0 Å². The van der Waals surface area contributed by atoms with Gasteiger partial charge in [-0.25, -0.2) is 0 Å². The number of alkyl halides is 1. The summed E-state index contributed by atoms with van der Waals surface area (Å²) in [6.07, 6.45) is 2.30. The van der Waals surface area contributed by atoms with E-state index in [0.29, 0.717) is 11.3 Å². The van der Waals surface area contributed by atoms with E-state index >= 15 is 0 Å². The van der Waals surface area contributed by atoms with Crippen LogP contribution in [-0.4, -0.2) is 18.5 Å². The molecule has 0 fully saturated rings. The van der Waals surface area contributed by atoms with Gasteiger partial charge in [0.2, 0.25) is 0 Å². The quantitative estimate of drug-likeness (QED) is 0.486. The molecule has 1 nitrogen and oxygen atoms in total. The van der Waals surface area contributed by atoms with E-state index in [1.807, 2.05) is 0 Å². The third-order valence-corrected chi connectivity index (χ3v) is 1.85. The molecular weight excluding hydrogens is 158 g/mol. The first-order valence-corrected chi connectivity index (χ1v) is 4.95. The second-order valence-corrected chi connectivity index (χ2v) is 4.05. The van der Waals surface area contributed by atoms with Gasteiger partial charge in [0.05, 0.1) is 0 Å². The Morgan fingerprint density at radius 3 is 2.45 bits per heavy atom. The van der Waals surface area contributed by atoms with Gasteiger partial charge in [-0.2, -0.15) is 0 Å². The van der Waals surface area contributed by atoms with Crippen molar-refractivity contribution < 1.29 is 0 Å². The molecule has 1 N–H and O–H groups in total. The molecule has 0 aromatic carbocycles. The Morgan fingerprint density at radius 1 is 1.36 bits per heavy atom. The average molecular weight is 178 g/mol. The zero-order valence-electron chi connectivity index (χ0n) is 7.86. The van der Waals surface area contributed by atoms with Gasteiger partial charge in [0.15, 0.2) is 0 Å². The number of hydrogen-bond acceptors (Lipinski definition) is 1. The van der Waals surface area contributed by atoms with Crippen LogP contribution in [0.5, 0.6) is 0 Å². The number of nitrogens with one attached hydrogen (secondary N) is 1. The van der Waals surface area contributed by atoms with Gasteiger partial charge in [0.1, 0.15) is 0 Å². The summed E-state index contributed by atoms with van der Waals surface area (Å²) in [5.74, 6) is 0.709. The fraction of sp³-hybridized carbons (Fsp3) is 1.00. The van der Waals surface area contributed by atoms with Crippen molar-refractivity contribution in [1.29, 1.82) is 0 Å². The van der Waals surface area contributed by atoms with Crippen molar-refractivity contribution in [2.45, 2.75) is 39.0 Å². The maximum atomic E-state index is 6.05. The fourth-order valence-corrected chi connectivity index (χ4v) is 1.50. The Bertz CT molecular complexity index is 83.6. The smallest absolute Gasteiger partial charge is 0.0463 e. The number of rotatable bonds is 6. The third kappa shape index (κ3) is 8.15. The zero-order chi connectivity index (χ0) is 8.69. The minimum absolute atomic E-state index is 0.307. The highest BCUT2D eigenvalue weighted by Gasteiger charge is 2.05.